The van der Waals surface area contributed by atoms with Gasteiger partial charge in [-0.2, -0.15) is 0 Å². The number of hydrogen-bond acceptors (Lipinski definition) is 5. The van der Waals surface area contributed by atoms with Crippen LogP contribution in [0.15, 0.2) is 18.3 Å². The summed E-state index contributed by atoms with van der Waals surface area (Å²) in [4.78, 5) is 4.40. The molecule has 1 aromatic rings. The lowest BCUT2D eigenvalue weighted by molar-refractivity contribution is -0.179. The first kappa shape index (κ1) is 15.4. The van der Waals surface area contributed by atoms with Gasteiger partial charge in [0.2, 0.25) is 5.88 Å². The number of hydrogen-bond donors (Lipinski definition) is 1. The van der Waals surface area contributed by atoms with Crippen LogP contribution < -0.4 is 10.1 Å². The second-order valence-corrected chi connectivity index (χ2v) is 7.02. The largest absolute Gasteiger partial charge is 0.477 e. The van der Waals surface area contributed by atoms with Crippen molar-refractivity contribution in [3.8, 4) is 5.88 Å². The summed E-state index contributed by atoms with van der Waals surface area (Å²) in [6.07, 6.45) is 8.74. The standard InChI is InChI=1S/C18H26N2O3/c1-2-14(1)13-21-17-4-3-15(12-20-17)11-19-16-5-7-18(8-6-16)22-9-10-23-18/h3-4,12,14,16,19H,1-2,5-11,13H2. The van der Waals surface area contributed by atoms with Gasteiger partial charge in [0.15, 0.2) is 5.79 Å². The van der Waals surface area contributed by atoms with Crippen LogP contribution in [0.3, 0.4) is 0 Å². The lowest BCUT2D eigenvalue weighted by Crippen LogP contribution is -2.41. The van der Waals surface area contributed by atoms with Crippen molar-refractivity contribution in [2.24, 2.45) is 5.92 Å². The van der Waals surface area contributed by atoms with E-state index < -0.39 is 0 Å². The third-order valence-electron chi connectivity index (χ3n) is 5.12. The molecule has 1 N–H and O–H groups in total. The Morgan fingerprint density at radius 2 is 1.91 bits per heavy atom. The summed E-state index contributed by atoms with van der Waals surface area (Å²) in [5.41, 5.74) is 1.21. The molecule has 2 heterocycles. The number of nitrogens with zero attached hydrogens (tertiary/aromatic N) is 1. The summed E-state index contributed by atoms with van der Waals surface area (Å²) in [6.45, 7) is 3.17. The van der Waals surface area contributed by atoms with Crippen molar-refractivity contribution in [3.63, 3.8) is 0 Å². The highest BCUT2D eigenvalue weighted by atomic mass is 16.7. The van der Waals surface area contributed by atoms with Gasteiger partial charge in [0.1, 0.15) is 0 Å². The molecule has 5 heteroatoms. The minimum Gasteiger partial charge on any atom is -0.477 e. The Morgan fingerprint density at radius 3 is 2.57 bits per heavy atom. The van der Waals surface area contributed by atoms with Gasteiger partial charge in [-0.25, -0.2) is 4.98 Å². The van der Waals surface area contributed by atoms with Crippen LogP contribution in [-0.2, 0) is 16.0 Å². The van der Waals surface area contributed by atoms with Crippen molar-refractivity contribution < 1.29 is 14.2 Å². The molecule has 0 bridgehead atoms. The summed E-state index contributed by atoms with van der Waals surface area (Å²) in [5, 5.41) is 3.63. The molecule has 3 fully saturated rings. The second kappa shape index (κ2) is 6.75. The predicted octanol–water partition coefficient (Wildman–Crippen LogP) is 2.65. The Labute approximate surface area is 137 Å². The van der Waals surface area contributed by atoms with Crippen molar-refractivity contribution >= 4 is 0 Å². The molecule has 0 aromatic carbocycles. The molecule has 5 nitrogen and oxygen atoms in total. The van der Waals surface area contributed by atoms with E-state index >= 15 is 0 Å². The first-order valence-electron chi connectivity index (χ1n) is 8.90. The maximum Gasteiger partial charge on any atom is 0.213 e. The fourth-order valence-electron chi connectivity index (χ4n) is 3.40. The zero-order valence-corrected chi connectivity index (χ0v) is 13.6. The normalized spacial score (nSPS) is 24.2. The molecule has 1 saturated heterocycles. The number of aromatic nitrogens is 1. The van der Waals surface area contributed by atoms with E-state index in [1.807, 2.05) is 12.3 Å². The Balaban J connectivity index is 1.20. The van der Waals surface area contributed by atoms with Crippen molar-refractivity contribution in [3.05, 3.63) is 23.9 Å². The molecule has 2 saturated carbocycles. The number of pyridine rings is 1. The third-order valence-corrected chi connectivity index (χ3v) is 5.12. The van der Waals surface area contributed by atoms with Crippen LogP contribution in [-0.4, -0.2) is 36.6 Å². The van der Waals surface area contributed by atoms with Gasteiger partial charge in [-0.1, -0.05) is 6.07 Å². The van der Waals surface area contributed by atoms with E-state index in [0.29, 0.717) is 6.04 Å². The van der Waals surface area contributed by atoms with E-state index in [1.54, 1.807) is 0 Å². The van der Waals surface area contributed by atoms with Crippen molar-refractivity contribution in [1.29, 1.82) is 0 Å². The monoisotopic (exact) mass is 318 g/mol. The van der Waals surface area contributed by atoms with E-state index in [1.165, 1.54) is 18.4 Å². The summed E-state index contributed by atoms with van der Waals surface area (Å²) in [6, 6.07) is 4.63. The predicted molar refractivity (Wildman–Crippen MR) is 86.2 cm³/mol. The van der Waals surface area contributed by atoms with Crippen molar-refractivity contribution in [1.82, 2.24) is 10.3 Å². The average Bonchev–Trinajstić information content (AvgIpc) is 3.33. The molecule has 126 valence electrons. The van der Waals surface area contributed by atoms with E-state index in [9.17, 15) is 0 Å². The van der Waals surface area contributed by atoms with Gasteiger partial charge in [0, 0.05) is 37.7 Å². The highest BCUT2D eigenvalue weighted by Gasteiger charge is 2.40. The quantitative estimate of drug-likeness (QED) is 0.874. The van der Waals surface area contributed by atoms with Gasteiger partial charge in [0.05, 0.1) is 19.8 Å². The molecule has 3 aliphatic rings. The Bertz CT molecular complexity index is 500. The molecule has 4 rings (SSSR count). The zero-order chi connectivity index (χ0) is 15.5. The van der Waals surface area contributed by atoms with Gasteiger partial charge < -0.3 is 19.5 Å². The molecular weight excluding hydrogens is 292 g/mol. The highest BCUT2D eigenvalue weighted by Crippen LogP contribution is 2.35. The van der Waals surface area contributed by atoms with Crippen LogP contribution in [0.1, 0.15) is 44.1 Å². The molecule has 23 heavy (non-hydrogen) atoms. The fraction of sp³-hybridized carbons (Fsp3) is 0.722. The zero-order valence-electron chi connectivity index (χ0n) is 13.6. The molecule has 1 aliphatic heterocycles. The van der Waals surface area contributed by atoms with Crippen LogP contribution in [0.5, 0.6) is 5.88 Å². The third kappa shape index (κ3) is 4.03. The Kier molecular flexibility index (Phi) is 4.51. The number of ether oxygens (including phenoxy) is 3. The van der Waals surface area contributed by atoms with E-state index in [2.05, 4.69) is 16.4 Å². The smallest absolute Gasteiger partial charge is 0.213 e. The van der Waals surface area contributed by atoms with E-state index in [4.69, 9.17) is 14.2 Å². The number of rotatable bonds is 6. The summed E-state index contributed by atoms with van der Waals surface area (Å²) >= 11 is 0. The first-order chi connectivity index (χ1) is 11.3. The Morgan fingerprint density at radius 1 is 1.13 bits per heavy atom. The van der Waals surface area contributed by atoms with Crippen LogP contribution in [0.2, 0.25) is 0 Å². The fourth-order valence-corrected chi connectivity index (χ4v) is 3.40. The maximum absolute atomic E-state index is 5.78. The molecule has 1 spiro atoms. The minimum absolute atomic E-state index is 0.264. The molecular formula is C18H26N2O3. The van der Waals surface area contributed by atoms with Crippen LogP contribution in [0.4, 0.5) is 0 Å². The molecule has 1 aromatic heterocycles. The van der Waals surface area contributed by atoms with Gasteiger partial charge in [0.25, 0.3) is 0 Å². The van der Waals surface area contributed by atoms with Gasteiger partial charge in [-0.3, -0.25) is 0 Å². The minimum atomic E-state index is -0.264. The topological polar surface area (TPSA) is 52.6 Å². The lowest BCUT2D eigenvalue weighted by Gasteiger charge is -2.35. The molecule has 0 atom stereocenters. The maximum atomic E-state index is 5.78. The van der Waals surface area contributed by atoms with Crippen LogP contribution in [0.25, 0.3) is 0 Å². The van der Waals surface area contributed by atoms with Crippen LogP contribution in [0, 0.1) is 5.92 Å². The van der Waals surface area contributed by atoms with Gasteiger partial charge >= 0.3 is 0 Å². The molecule has 0 radical (unpaired) electrons. The summed E-state index contributed by atoms with van der Waals surface area (Å²) < 4.78 is 17.2. The summed E-state index contributed by atoms with van der Waals surface area (Å²) in [7, 11) is 0. The van der Waals surface area contributed by atoms with Crippen molar-refractivity contribution in [2.75, 3.05) is 19.8 Å². The van der Waals surface area contributed by atoms with Crippen molar-refractivity contribution in [2.45, 2.75) is 56.9 Å². The second-order valence-electron chi connectivity index (χ2n) is 7.02. The Hall–Kier alpha value is -1.17. The van der Waals surface area contributed by atoms with E-state index in [0.717, 1.165) is 63.8 Å². The SMILES string of the molecule is c1cc(OCC2CC2)ncc1CNC1CCC2(CC1)OCCO2. The van der Waals surface area contributed by atoms with Gasteiger partial charge in [-0.15, -0.1) is 0 Å². The molecule has 0 unspecified atom stereocenters. The number of nitrogens with one attached hydrogen (secondary N) is 1. The lowest BCUT2D eigenvalue weighted by atomic mass is 9.90. The van der Waals surface area contributed by atoms with Crippen LogP contribution >= 0.6 is 0 Å². The molecule has 2 aliphatic carbocycles. The molecule has 0 amide bonds. The highest BCUT2D eigenvalue weighted by molar-refractivity contribution is 5.18. The summed E-state index contributed by atoms with van der Waals surface area (Å²) in [5.74, 6) is 1.25. The van der Waals surface area contributed by atoms with Gasteiger partial charge in [-0.05, 0) is 37.2 Å². The first-order valence-corrected chi connectivity index (χ1v) is 8.90. The average molecular weight is 318 g/mol. The van der Waals surface area contributed by atoms with E-state index in [-0.39, 0.29) is 5.79 Å².